The van der Waals surface area contributed by atoms with E-state index in [1.807, 2.05) is 36.4 Å². The maximum atomic E-state index is 11.8. The Hall–Kier alpha value is -1.85. The number of anilines is 1. The number of nitrogens with zero attached hydrogens (tertiary/aromatic N) is 2. The molecular formula is C21H24BrN2O2+. The highest BCUT2D eigenvalue weighted by atomic mass is 79.9. The predicted molar refractivity (Wildman–Crippen MR) is 107 cm³/mol. The number of hydrogen-bond donors (Lipinski definition) is 1. The zero-order valence-corrected chi connectivity index (χ0v) is 16.6. The van der Waals surface area contributed by atoms with Crippen LogP contribution in [0.4, 0.5) is 5.69 Å². The first-order chi connectivity index (χ1) is 12.6. The second-order valence-electron chi connectivity index (χ2n) is 7.01. The molecule has 0 aromatic heterocycles. The minimum absolute atomic E-state index is 0.588. The molecule has 26 heavy (non-hydrogen) atoms. The third-order valence-electron chi connectivity index (χ3n) is 5.37. The Kier molecular flexibility index (Phi) is 4.76. The molecule has 0 saturated carbocycles. The fourth-order valence-electron chi connectivity index (χ4n) is 4.05. The first-order valence-corrected chi connectivity index (χ1v) is 9.94. The Bertz CT molecular complexity index is 817. The zero-order chi connectivity index (χ0) is 18.1. The van der Waals surface area contributed by atoms with Gasteiger partial charge in [-0.05, 0) is 67.8 Å². The summed E-state index contributed by atoms with van der Waals surface area (Å²) in [6.45, 7) is 1.59. The quantitative estimate of drug-likeness (QED) is 0.766. The van der Waals surface area contributed by atoms with Gasteiger partial charge in [0.1, 0.15) is 11.4 Å². The molecule has 2 aromatic carbocycles. The maximum Gasteiger partial charge on any atom is 0.275 e. The van der Waals surface area contributed by atoms with Gasteiger partial charge < -0.3 is 9.84 Å². The molecule has 1 N–H and O–H groups in total. The van der Waals surface area contributed by atoms with Gasteiger partial charge in [0.2, 0.25) is 0 Å². The molecule has 4 rings (SSSR count). The first-order valence-electron chi connectivity index (χ1n) is 9.15. The molecule has 4 nitrogen and oxygen atoms in total. The monoisotopic (exact) mass is 415 g/mol. The molecule has 2 heterocycles. The van der Waals surface area contributed by atoms with Crippen LogP contribution in [0, 0.1) is 0 Å². The van der Waals surface area contributed by atoms with Gasteiger partial charge in [-0.2, -0.15) is 4.90 Å². The Labute approximate surface area is 162 Å². The molecule has 2 aliphatic rings. The van der Waals surface area contributed by atoms with Crippen molar-refractivity contribution in [1.82, 2.24) is 0 Å². The second-order valence-corrected chi connectivity index (χ2v) is 7.92. The molecule has 5 heteroatoms. The Morgan fingerprint density at radius 2 is 1.77 bits per heavy atom. The summed E-state index contributed by atoms with van der Waals surface area (Å²) in [6.07, 6.45) is 4.58. The van der Waals surface area contributed by atoms with Crippen LogP contribution in [-0.4, -0.2) is 35.7 Å². The van der Waals surface area contributed by atoms with Crippen molar-refractivity contribution in [1.29, 1.82) is 0 Å². The van der Waals surface area contributed by atoms with E-state index in [0.29, 0.717) is 6.54 Å². The number of benzene rings is 2. The highest BCUT2D eigenvalue weighted by molar-refractivity contribution is 9.10. The molecule has 2 aromatic rings. The van der Waals surface area contributed by atoms with Crippen LogP contribution in [0.1, 0.15) is 31.2 Å². The summed E-state index contributed by atoms with van der Waals surface area (Å²) in [5, 5.41) is 11.8. The lowest BCUT2D eigenvalue weighted by molar-refractivity contribution is -0.534. The Morgan fingerprint density at radius 3 is 2.46 bits per heavy atom. The van der Waals surface area contributed by atoms with Crippen LogP contribution < -0.4 is 9.64 Å². The second kappa shape index (κ2) is 7.05. The molecule has 0 amide bonds. The molecule has 1 atom stereocenters. The van der Waals surface area contributed by atoms with E-state index in [-0.39, 0.29) is 0 Å². The van der Waals surface area contributed by atoms with Crippen LogP contribution >= 0.6 is 15.9 Å². The van der Waals surface area contributed by atoms with E-state index in [1.165, 1.54) is 18.7 Å². The fraction of sp³-hybridized carbons (Fsp3) is 0.381. The van der Waals surface area contributed by atoms with E-state index < -0.39 is 5.72 Å². The molecule has 0 bridgehead atoms. The molecule has 0 aliphatic carbocycles. The zero-order valence-electron chi connectivity index (χ0n) is 15.0. The van der Waals surface area contributed by atoms with E-state index in [2.05, 4.69) is 37.5 Å². The highest BCUT2D eigenvalue weighted by Crippen LogP contribution is 2.38. The van der Waals surface area contributed by atoms with Crippen LogP contribution in [0.3, 0.4) is 0 Å². The maximum absolute atomic E-state index is 11.8. The van der Waals surface area contributed by atoms with Gasteiger partial charge in [0.25, 0.3) is 11.6 Å². The SMILES string of the molecule is COc1ccc([C@@]2(O)C[N+]3=C(CCCCC3)N2c2ccc(Br)cc2)cc1. The average molecular weight is 416 g/mol. The summed E-state index contributed by atoms with van der Waals surface area (Å²) in [4.78, 5) is 2.13. The molecule has 136 valence electrons. The largest absolute Gasteiger partial charge is 0.497 e. The molecule has 0 radical (unpaired) electrons. The van der Waals surface area contributed by atoms with Gasteiger partial charge in [-0.3, -0.25) is 4.58 Å². The van der Waals surface area contributed by atoms with Gasteiger partial charge in [0.15, 0.2) is 6.54 Å². The highest BCUT2D eigenvalue weighted by Gasteiger charge is 2.53. The van der Waals surface area contributed by atoms with Crippen LogP contribution in [0.25, 0.3) is 0 Å². The topological polar surface area (TPSA) is 35.7 Å². The first kappa shape index (κ1) is 17.6. The number of aliphatic hydroxyl groups is 1. The van der Waals surface area contributed by atoms with Crippen molar-refractivity contribution in [2.24, 2.45) is 0 Å². The van der Waals surface area contributed by atoms with Gasteiger partial charge in [0.05, 0.1) is 13.7 Å². The average Bonchev–Trinajstić information content (AvgIpc) is 2.80. The number of rotatable bonds is 3. The summed E-state index contributed by atoms with van der Waals surface area (Å²) >= 11 is 3.51. The summed E-state index contributed by atoms with van der Waals surface area (Å²) in [5.74, 6) is 2.02. The number of ether oxygens (including phenoxy) is 1. The number of amidine groups is 1. The fourth-order valence-corrected chi connectivity index (χ4v) is 4.32. The van der Waals surface area contributed by atoms with Crippen molar-refractivity contribution in [2.45, 2.75) is 31.4 Å². The van der Waals surface area contributed by atoms with Crippen LogP contribution in [0.2, 0.25) is 0 Å². The van der Waals surface area contributed by atoms with E-state index in [4.69, 9.17) is 4.74 Å². The Morgan fingerprint density at radius 1 is 1.04 bits per heavy atom. The number of halogens is 1. The summed E-state index contributed by atoms with van der Waals surface area (Å²) in [6, 6.07) is 16.0. The lowest BCUT2D eigenvalue weighted by atomic mass is 9.99. The molecular weight excluding hydrogens is 392 g/mol. The standard InChI is InChI=1S/C21H24BrN2O2/c1-26-19-12-6-16(7-13-19)21(25)15-23-14-4-2-3-5-20(23)24(21)18-10-8-17(22)9-11-18/h6-13,25H,2-5,14-15H2,1H3/q+1/t21-/m0/s1. The lowest BCUT2D eigenvalue weighted by Crippen LogP contribution is -2.47. The van der Waals surface area contributed by atoms with E-state index in [0.717, 1.165) is 40.9 Å². The summed E-state index contributed by atoms with van der Waals surface area (Å²) in [5.41, 5.74) is 0.833. The van der Waals surface area contributed by atoms with E-state index >= 15 is 0 Å². The van der Waals surface area contributed by atoms with Crippen LogP contribution in [-0.2, 0) is 5.72 Å². The van der Waals surface area contributed by atoms with Crippen molar-refractivity contribution in [3.63, 3.8) is 0 Å². The lowest BCUT2D eigenvalue weighted by Gasteiger charge is -2.29. The molecule has 0 unspecified atom stereocenters. The van der Waals surface area contributed by atoms with Crippen molar-refractivity contribution in [3.05, 3.63) is 58.6 Å². The normalized spacial score (nSPS) is 23.0. The number of hydrogen-bond acceptors (Lipinski definition) is 3. The van der Waals surface area contributed by atoms with Crippen molar-refractivity contribution >= 4 is 27.5 Å². The minimum atomic E-state index is -1.08. The van der Waals surface area contributed by atoms with Crippen molar-refractivity contribution < 1.29 is 14.4 Å². The van der Waals surface area contributed by atoms with E-state index in [9.17, 15) is 5.11 Å². The van der Waals surface area contributed by atoms with Gasteiger partial charge >= 0.3 is 0 Å². The molecule has 0 fully saturated rings. The van der Waals surface area contributed by atoms with Gasteiger partial charge in [-0.25, -0.2) is 0 Å². The third kappa shape index (κ3) is 3.03. The molecule has 0 saturated heterocycles. The smallest absolute Gasteiger partial charge is 0.275 e. The van der Waals surface area contributed by atoms with Gasteiger partial charge in [-0.15, -0.1) is 0 Å². The summed E-state index contributed by atoms with van der Waals surface area (Å²) < 4.78 is 8.68. The Balaban J connectivity index is 1.80. The predicted octanol–water partition coefficient (Wildman–Crippen LogP) is 4.11. The van der Waals surface area contributed by atoms with Crippen LogP contribution in [0.15, 0.2) is 53.0 Å². The van der Waals surface area contributed by atoms with E-state index in [1.54, 1.807) is 7.11 Å². The summed E-state index contributed by atoms with van der Waals surface area (Å²) in [7, 11) is 1.66. The van der Waals surface area contributed by atoms with Crippen molar-refractivity contribution in [3.8, 4) is 5.75 Å². The van der Waals surface area contributed by atoms with Crippen molar-refractivity contribution in [2.75, 3.05) is 25.1 Å². The van der Waals surface area contributed by atoms with Gasteiger partial charge in [-0.1, -0.05) is 15.9 Å². The van der Waals surface area contributed by atoms with Crippen LogP contribution in [0.5, 0.6) is 5.75 Å². The minimum Gasteiger partial charge on any atom is -0.497 e. The third-order valence-corrected chi connectivity index (χ3v) is 5.90. The molecule has 0 spiro atoms. The number of methoxy groups -OCH3 is 1. The molecule has 2 aliphatic heterocycles. The van der Waals surface area contributed by atoms with Gasteiger partial charge in [0, 0.05) is 16.5 Å².